The Morgan fingerprint density at radius 2 is 2.10 bits per heavy atom. The summed E-state index contributed by atoms with van der Waals surface area (Å²) in [7, 11) is 0. The Kier molecular flexibility index (Phi) is 4.06. The smallest absolute Gasteiger partial charge is 0.408 e. The molecule has 1 aromatic heterocycles. The Balaban J connectivity index is 2.00. The van der Waals surface area contributed by atoms with Crippen LogP contribution in [0.15, 0.2) is 12.5 Å². The predicted octanol–water partition coefficient (Wildman–Crippen LogP) is 3.44. The van der Waals surface area contributed by atoms with E-state index < -0.39 is 11.7 Å². The van der Waals surface area contributed by atoms with Crippen LogP contribution in [0.25, 0.3) is 0 Å². The van der Waals surface area contributed by atoms with E-state index in [4.69, 9.17) is 4.74 Å². The lowest BCUT2D eigenvalue weighted by Gasteiger charge is -2.23. The summed E-state index contributed by atoms with van der Waals surface area (Å²) in [5.41, 5.74) is 0.543. The molecule has 1 aromatic rings. The molecule has 1 saturated carbocycles. The van der Waals surface area contributed by atoms with E-state index in [9.17, 15) is 4.79 Å². The molecule has 1 N–H and O–H groups in total. The molecule has 112 valence electrons. The van der Waals surface area contributed by atoms with Crippen molar-refractivity contribution in [3.8, 4) is 0 Å². The van der Waals surface area contributed by atoms with Gasteiger partial charge in [0.1, 0.15) is 5.60 Å². The summed E-state index contributed by atoms with van der Waals surface area (Å²) in [4.78, 5) is 16.1. The maximum absolute atomic E-state index is 11.8. The molecule has 1 aliphatic carbocycles. The molecule has 20 heavy (non-hydrogen) atoms. The molecule has 0 saturated heterocycles. The predicted molar refractivity (Wildman–Crippen MR) is 77.4 cm³/mol. The van der Waals surface area contributed by atoms with E-state index >= 15 is 0 Å². The highest BCUT2D eigenvalue weighted by Crippen LogP contribution is 2.40. The molecule has 2 atom stereocenters. The topological polar surface area (TPSA) is 56.1 Å². The highest BCUT2D eigenvalue weighted by Gasteiger charge is 2.31. The maximum atomic E-state index is 11.8. The second-order valence-electron chi connectivity index (χ2n) is 6.67. The van der Waals surface area contributed by atoms with Gasteiger partial charge in [-0.3, -0.25) is 0 Å². The molecule has 1 amide bonds. The number of imidazole rings is 1. The summed E-state index contributed by atoms with van der Waals surface area (Å²) in [5, 5.41) is 2.87. The standard InChI is InChI=1S/C15H25N3O2/c1-10(17-14(19)20-15(3,4)5)13-8-16-9-18(13)11(2)12-6-7-12/h8-12H,6-7H2,1-5H3,(H,17,19). The fourth-order valence-corrected chi connectivity index (χ4v) is 2.35. The van der Waals surface area contributed by atoms with Crippen molar-refractivity contribution in [1.82, 2.24) is 14.9 Å². The fraction of sp³-hybridized carbons (Fsp3) is 0.733. The number of nitrogens with one attached hydrogen (secondary N) is 1. The Morgan fingerprint density at radius 1 is 1.45 bits per heavy atom. The quantitative estimate of drug-likeness (QED) is 0.918. The number of rotatable bonds is 4. The molecule has 0 spiro atoms. The normalized spacial score (nSPS) is 18.4. The second kappa shape index (κ2) is 5.46. The average molecular weight is 279 g/mol. The van der Waals surface area contributed by atoms with Crippen LogP contribution >= 0.6 is 0 Å². The van der Waals surface area contributed by atoms with E-state index in [0.29, 0.717) is 6.04 Å². The summed E-state index contributed by atoms with van der Waals surface area (Å²) >= 11 is 0. The van der Waals surface area contributed by atoms with E-state index in [2.05, 4.69) is 21.8 Å². The lowest BCUT2D eigenvalue weighted by molar-refractivity contribution is 0.0505. The van der Waals surface area contributed by atoms with Gasteiger partial charge in [-0.25, -0.2) is 9.78 Å². The molecular weight excluding hydrogens is 254 g/mol. The van der Waals surface area contributed by atoms with Gasteiger partial charge < -0.3 is 14.6 Å². The van der Waals surface area contributed by atoms with Crippen LogP contribution in [0.5, 0.6) is 0 Å². The summed E-state index contributed by atoms with van der Waals surface area (Å²) in [6, 6.07) is 0.323. The van der Waals surface area contributed by atoms with Gasteiger partial charge in [-0.15, -0.1) is 0 Å². The summed E-state index contributed by atoms with van der Waals surface area (Å²) in [6.07, 6.45) is 5.85. The minimum atomic E-state index is -0.481. The first-order valence-electron chi connectivity index (χ1n) is 7.29. The van der Waals surface area contributed by atoms with Crippen LogP contribution in [0.4, 0.5) is 4.79 Å². The number of carbonyl (C=O) groups is 1. The number of hydrogen-bond acceptors (Lipinski definition) is 3. The Bertz CT molecular complexity index is 472. The van der Waals surface area contributed by atoms with Crippen LogP contribution in [0.3, 0.4) is 0 Å². The number of nitrogens with zero attached hydrogens (tertiary/aromatic N) is 2. The molecule has 0 aliphatic heterocycles. The number of ether oxygens (including phenoxy) is 1. The Morgan fingerprint density at radius 3 is 2.65 bits per heavy atom. The van der Waals surface area contributed by atoms with Crippen molar-refractivity contribution >= 4 is 6.09 Å². The Labute approximate surface area is 120 Å². The van der Waals surface area contributed by atoms with Crippen molar-refractivity contribution in [2.24, 2.45) is 5.92 Å². The van der Waals surface area contributed by atoms with Gasteiger partial charge in [0, 0.05) is 6.04 Å². The molecule has 2 unspecified atom stereocenters. The summed E-state index contributed by atoms with van der Waals surface area (Å²) < 4.78 is 7.45. The lowest BCUT2D eigenvalue weighted by Crippen LogP contribution is -2.34. The first-order valence-corrected chi connectivity index (χ1v) is 7.29. The number of hydrogen-bond donors (Lipinski definition) is 1. The third-order valence-electron chi connectivity index (χ3n) is 3.62. The zero-order valence-corrected chi connectivity index (χ0v) is 13.0. The van der Waals surface area contributed by atoms with Crippen molar-refractivity contribution in [1.29, 1.82) is 0 Å². The molecule has 0 aromatic carbocycles. The zero-order valence-electron chi connectivity index (χ0n) is 13.0. The molecule has 1 fully saturated rings. The first kappa shape index (κ1) is 14.9. The second-order valence-corrected chi connectivity index (χ2v) is 6.67. The molecule has 5 nitrogen and oxygen atoms in total. The minimum absolute atomic E-state index is 0.117. The van der Waals surface area contributed by atoms with Crippen molar-refractivity contribution in [3.63, 3.8) is 0 Å². The van der Waals surface area contributed by atoms with Crippen LogP contribution in [0.1, 0.15) is 65.2 Å². The SMILES string of the molecule is CC(NC(=O)OC(C)(C)C)c1cncn1C(C)C1CC1. The van der Waals surface area contributed by atoms with E-state index in [1.165, 1.54) is 12.8 Å². The van der Waals surface area contributed by atoms with Gasteiger partial charge in [0.25, 0.3) is 0 Å². The molecular formula is C15H25N3O2. The molecule has 1 aliphatic rings. The van der Waals surface area contributed by atoms with Crippen LogP contribution < -0.4 is 5.32 Å². The zero-order chi connectivity index (χ0) is 14.9. The van der Waals surface area contributed by atoms with Crippen LogP contribution in [-0.4, -0.2) is 21.2 Å². The molecule has 5 heteroatoms. The van der Waals surface area contributed by atoms with Crippen molar-refractivity contribution in [2.75, 3.05) is 0 Å². The number of carbonyl (C=O) groups excluding carboxylic acids is 1. The van der Waals surface area contributed by atoms with Gasteiger partial charge >= 0.3 is 6.09 Å². The third kappa shape index (κ3) is 3.74. The van der Waals surface area contributed by atoms with Crippen LogP contribution in [0, 0.1) is 5.92 Å². The minimum Gasteiger partial charge on any atom is -0.444 e. The Hall–Kier alpha value is -1.52. The number of alkyl carbamates (subject to hydrolysis) is 1. The van der Waals surface area contributed by atoms with Gasteiger partial charge in [0.05, 0.1) is 24.3 Å². The van der Waals surface area contributed by atoms with E-state index in [0.717, 1.165) is 11.6 Å². The van der Waals surface area contributed by atoms with E-state index in [1.54, 1.807) is 0 Å². The fourth-order valence-electron chi connectivity index (χ4n) is 2.35. The van der Waals surface area contributed by atoms with Crippen molar-refractivity contribution < 1.29 is 9.53 Å². The van der Waals surface area contributed by atoms with Gasteiger partial charge in [-0.1, -0.05) is 0 Å². The monoisotopic (exact) mass is 279 g/mol. The molecule has 2 rings (SSSR count). The maximum Gasteiger partial charge on any atom is 0.408 e. The molecule has 0 bridgehead atoms. The average Bonchev–Trinajstić information content (AvgIpc) is 3.02. The summed E-state index contributed by atoms with van der Waals surface area (Å²) in [6.45, 7) is 9.74. The van der Waals surface area contributed by atoms with Gasteiger partial charge in [-0.05, 0) is 53.4 Å². The molecule has 1 heterocycles. The third-order valence-corrected chi connectivity index (χ3v) is 3.62. The first-order chi connectivity index (χ1) is 9.28. The van der Waals surface area contributed by atoms with Crippen molar-refractivity contribution in [3.05, 3.63) is 18.2 Å². The largest absolute Gasteiger partial charge is 0.444 e. The highest BCUT2D eigenvalue weighted by molar-refractivity contribution is 5.68. The van der Waals surface area contributed by atoms with E-state index in [1.807, 2.05) is 40.2 Å². The van der Waals surface area contributed by atoms with E-state index in [-0.39, 0.29) is 6.04 Å². The molecule has 0 radical (unpaired) electrons. The van der Waals surface area contributed by atoms with Crippen molar-refractivity contribution in [2.45, 2.75) is 65.1 Å². The van der Waals surface area contributed by atoms with Gasteiger partial charge in [0.15, 0.2) is 0 Å². The summed E-state index contributed by atoms with van der Waals surface area (Å²) in [5.74, 6) is 0.747. The highest BCUT2D eigenvalue weighted by atomic mass is 16.6. The van der Waals surface area contributed by atoms with Crippen LogP contribution in [-0.2, 0) is 4.74 Å². The van der Waals surface area contributed by atoms with Gasteiger partial charge in [0.2, 0.25) is 0 Å². The van der Waals surface area contributed by atoms with Gasteiger partial charge in [-0.2, -0.15) is 0 Å². The lowest BCUT2D eigenvalue weighted by atomic mass is 10.2. The number of amides is 1. The number of aromatic nitrogens is 2. The van der Waals surface area contributed by atoms with Crippen LogP contribution in [0.2, 0.25) is 0 Å².